The second kappa shape index (κ2) is 18.7. The Hall–Kier alpha value is -3.76. The van der Waals surface area contributed by atoms with Crippen LogP contribution in [0.5, 0.6) is 0 Å². The first-order chi connectivity index (χ1) is 20.7. The topological polar surface area (TPSA) is 94.0 Å². The third-order valence-electron chi connectivity index (χ3n) is 6.64. The smallest absolute Gasteiger partial charge is 0.253 e. The molecule has 3 rings (SSSR count). The van der Waals surface area contributed by atoms with Crippen molar-refractivity contribution in [2.24, 2.45) is 4.99 Å². The fraction of sp³-hybridized carbons (Fsp3) is 0.364. The molecule has 2 amide bonds. The van der Waals surface area contributed by atoms with Crippen LogP contribution in [-0.2, 0) is 0 Å². The largest absolute Gasteiger partial charge is 0.389 e. The van der Waals surface area contributed by atoms with Crippen molar-refractivity contribution in [1.29, 1.82) is 0 Å². The number of aliphatic imine (C=N–C) groups is 1. The van der Waals surface area contributed by atoms with Crippen LogP contribution in [0.4, 0.5) is 20.2 Å². The molecule has 0 saturated heterocycles. The SMILES string of the molecule is C=Nc1ccccc1NCC(O)C(CC1=CCC(F)=CC(F)=C1)NC(=O)c1cccc(C(=O)N(CCC)CCC)c1.CS. The van der Waals surface area contributed by atoms with E-state index in [0.29, 0.717) is 35.6 Å². The molecule has 2 unspecified atom stereocenters. The lowest BCUT2D eigenvalue weighted by Gasteiger charge is -2.26. The number of thiol groups is 1. The van der Waals surface area contributed by atoms with Crippen molar-refractivity contribution in [1.82, 2.24) is 10.2 Å². The maximum atomic E-state index is 14.2. The number of carbonyl (C=O) groups excluding carboxylic acids is 2. The fourth-order valence-electron chi connectivity index (χ4n) is 4.59. The fourth-order valence-corrected chi connectivity index (χ4v) is 4.59. The molecule has 0 aromatic heterocycles. The molecule has 0 spiro atoms. The van der Waals surface area contributed by atoms with Crippen LogP contribution < -0.4 is 10.6 Å². The van der Waals surface area contributed by atoms with Crippen molar-refractivity contribution < 1.29 is 23.5 Å². The van der Waals surface area contributed by atoms with Crippen LogP contribution in [0.15, 0.2) is 89.0 Å². The van der Waals surface area contributed by atoms with Gasteiger partial charge >= 0.3 is 0 Å². The summed E-state index contributed by atoms with van der Waals surface area (Å²) in [6.07, 6.45) is 5.70. The molecule has 0 saturated carbocycles. The van der Waals surface area contributed by atoms with Crippen molar-refractivity contribution in [2.45, 2.75) is 51.7 Å². The Morgan fingerprint density at radius 1 is 1.05 bits per heavy atom. The lowest BCUT2D eigenvalue weighted by Crippen LogP contribution is -2.46. The van der Waals surface area contributed by atoms with Gasteiger partial charge in [0.05, 0.1) is 23.5 Å². The Morgan fingerprint density at radius 2 is 1.72 bits per heavy atom. The number of anilines is 1. The van der Waals surface area contributed by atoms with Gasteiger partial charge in [-0.25, -0.2) is 8.78 Å². The van der Waals surface area contributed by atoms with Gasteiger partial charge in [0.15, 0.2) is 0 Å². The van der Waals surface area contributed by atoms with E-state index in [-0.39, 0.29) is 30.9 Å². The summed E-state index contributed by atoms with van der Waals surface area (Å²) in [5.74, 6) is -2.02. The van der Waals surface area contributed by atoms with Crippen molar-refractivity contribution in [3.63, 3.8) is 0 Å². The zero-order chi connectivity index (χ0) is 31.8. The highest BCUT2D eigenvalue weighted by Gasteiger charge is 2.25. The van der Waals surface area contributed by atoms with E-state index in [1.807, 2.05) is 26.0 Å². The average molecular weight is 613 g/mol. The number of carbonyl (C=O) groups is 2. The average Bonchev–Trinajstić information content (AvgIpc) is 3.18. The number of hydrogen-bond acceptors (Lipinski definition) is 6. The van der Waals surface area contributed by atoms with E-state index in [1.54, 1.807) is 41.5 Å². The first-order valence-corrected chi connectivity index (χ1v) is 15.2. The quantitative estimate of drug-likeness (QED) is 0.139. The van der Waals surface area contributed by atoms with Crippen LogP contribution in [0.1, 0.15) is 60.2 Å². The molecule has 43 heavy (non-hydrogen) atoms. The summed E-state index contributed by atoms with van der Waals surface area (Å²) in [6.45, 7) is 8.82. The minimum atomic E-state index is -1.12. The number of amides is 2. The molecule has 2 aromatic carbocycles. The van der Waals surface area contributed by atoms with Crippen molar-refractivity contribution in [2.75, 3.05) is 31.2 Å². The number of hydrogen-bond donors (Lipinski definition) is 4. The van der Waals surface area contributed by atoms with Crippen LogP contribution in [0.2, 0.25) is 0 Å². The van der Waals surface area contributed by atoms with Gasteiger partial charge in [0.25, 0.3) is 11.8 Å². The maximum Gasteiger partial charge on any atom is 0.253 e. The molecular weight excluding hydrogens is 570 g/mol. The Morgan fingerprint density at radius 3 is 2.40 bits per heavy atom. The van der Waals surface area contributed by atoms with Crippen molar-refractivity contribution in [3.8, 4) is 0 Å². The molecule has 0 fully saturated rings. The van der Waals surface area contributed by atoms with Crippen LogP contribution in [0, 0.1) is 0 Å². The van der Waals surface area contributed by atoms with Crippen LogP contribution in [0.3, 0.4) is 0 Å². The van der Waals surface area contributed by atoms with E-state index < -0.39 is 29.7 Å². The minimum absolute atomic E-state index is 0.0328. The van der Waals surface area contributed by atoms with Gasteiger partial charge in [0, 0.05) is 43.3 Å². The van der Waals surface area contributed by atoms with Crippen LogP contribution >= 0.6 is 12.6 Å². The lowest BCUT2D eigenvalue weighted by atomic mass is 9.99. The van der Waals surface area contributed by atoms with Gasteiger partial charge in [-0.05, 0) is 74.2 Å². The number of allylic oxidation sites excluding steroid dienone is 5. The molecule has 7 nitrogen and oxygen atoms in total. The highest BCUT2D eigenvalue weighted by atomic mass is 32.1. The standard InChI is InChI=1S/C32H38F2N4O3.CH4S/c1-4-15-38(16-5-2)32(41)24-10-8-9-23(19-24)31(40)37-29(18-22-13-14-25(33)20-26(34)17-22)30(39)21-36-28-12-7-6-11-27(28)35-3;1-2/h6-13,17,19-20,29-30,36,39H,3-5,14-16,18,21H2,1-2H3,(H,37,40);2H,1H3. The molecule has 0 radical (unpaired) electrons. The normalized spacial score (nSPS) is 14.0. The second-order valence-corrected chi connectivity index (χ2v) is 9.88. The van der Waals surface area contributed by atoms with Gasteiger partial charge in [0.1, 0.15) is 11.7 Å². The molecule has 2 atom stereocenters. The Kier molecular flexibility index (Phi) is 15.4. The summed E-state index contributed by atoms with van der Waals surface area (Å²) < 4.78 is 28.0. The zero-order valence-corrected chi connectivity index (χ0v) is 25.9. The summed E-state index contributed by atoms with van der Waals surface area (Å²) in [6, 6.07) is 12.7. The van der Waals surface area contributed by atoms with Gasteiger partial charge in [-0.15, -0.1) is 0 Å². The zero-order valence-electron chi connectivity index (χ0n) is 25.0. The molecule has 2 aromatic rings. The molecular formula is C33H42F2N4O3S. The van der Waals surface area contributed by atoms with Gasteiger partial charge in [-0.3, -0.25) is 14.6 Å². The van der Waals surface area contributed by atoms with Crippen molar-refractivity contribution in [3.05, 3.63) is 95.1 Å². The first kappa shape index (κ1) is 35.4. The van der Waals surface area contributed by atoms with Gasteiger partial charge in [-0.2, -0.15) is 12.6 Å². The van der Waals surface area contributed by atoms with Gasteiger partial charge in [-0.1, -0.05) is 38.1 Å². The molecule has 232 valence electrons. The van der Waals surface area contributed by atoms with E-state index in [9.17, 15) is 23.5 Å². The first-order valence-electron chi connectivity index (χ1n) is 14.3. The molecule has 1 aliphatic rings. The molecule has 3 N–H and O–H groups in total. The highest BCUT2D eigenvalue weighted by Crippen LogP contribution is 2.25. The van der Waals surface area contributed by atoms with E-state index in [1.165, 1.54) is 18.2 Å². The number of aliphatic hydroxyl groups is 1. The van der Waals surface area contributed by atoms with E-state index in [4.69, 9.17) is 0 Å². The minimum Gasteiger partial charge on any atom is -0.389 e. The molecule has 0 aliphatic heterocycles. The number of nitrogens with zero attached hydrogens (tertiary/aromatic N) is 2. The number of rotatable bonds is 14. The number of benzene rings is 2. The van der Waals surface area contributed by atoms with E-state index >= 15 is 0 Å². The van der Waals surface area contributed by atoms with Crippen LogP contribution in [0.25, 0.3) is 0 Å². The maximum absolute atomic E-state index is 14.2. The summed E-state index contributed by atoms with van der Waals surface area (Å²) in [7, 11) is 0. The third-order valence-corrected chi connectivity index (χ3v) is 6.64. The Labute approximate surface area is 258 Å². The monoisotopic (exact) mass is 612 g/mol. The number of halogens is 2. The molecule has 1 aliphatic carbocycles. The molecule has 0 bridgehead atoms. The van der Waals surface area contributed by atoms with E-state index in [2.05, 4.69) is 35.0 Å². The van der Waals surface area contributed by atoms with Gasteiger partial charge in [0.2, 0.25) is 0 Å². The number of para-hydroxylation sites is 2. The van der Waals surface area contributed by atoms with Crippen molar-refractivity contribution >= 4 is 42.5 Å². The summed E-state index contributed by atoms with van der Waals surface area (Å²) in [5.41, 5.74) is 2.32. The van der Waals surface area contributed by atoms with E-state index in [0.717, 1.165) is 18.9 Å². The molecule has 10 heteroatoms. The second-order valence-electron chi connectivity index (χ2n) is 9.88. The number of nitrogens with one attached hydrogen (secondary N) is 2. The number of aliphatic hydroxyl groups excluding tert-OH is 1. The third kappa shape index (κ3) is 11.1. The summed E-state index contributed by atoms with van der Waals surface area (Å²) in [4.78, 5) is 32.2. The Bertz CT molecular complexity index is 1320. The predicted octanol–water partition coefficient (Wildman–Crippen LogP) is 6.83. The Balaban J connectivity index is 0.00000316. The lowest BCUT2D eigenvalue weighted by molar-refractivity contribution is 0.0755. The highest BCUT2D eigenvalue weighted by molar-refractivity contribution is 7.79. The predicted molar refractivity (Wildman–Crippen MR) is 175 cm³/mol. The van der Waals surface area contributed by atoms with Gasteiger partial charge < -0.3 is 20.6 Å². The summed E-state index contributed by atoms with van der Waals surface area (Å²) >= 11 is 3.53. The van der Waals surface area contributed by atoms with Crippen LogP contribution in [-0.4, -0.2) is 66.6 Å². The summed E-state index contributed by atoms with van der Waals surface area (Å²) in [5, 5.41) is 17.1. The molecule has 0 heterocycles.